The first-order valence-corrected chi connectivity index (χ1v) is 21.3. The molecule has 5 fully saturated rings. The summed E-state index contributed by atoms with van der Waals surface area (Å²) in [5.41, 5.74) is 10.4. The number of piperidine rings is 3. The van der Waals surface area contributed by atoms with Crippen molar-refractivity contribution in [1.82, 2.24) is 34.9 Å². The molecule has 1 aromatic heterocycles. The number of aromatic nitrogens is 2. The minimum absolute atomic E-state index is 0.0739. The summed E-state index contributed by atoms with van der Waals surface area (Å²) in [7, 11) is 1.84. The van der Waals surface area contributed by atoms with Gasteiger partial charge in [0.2, 0.25) is 11.8 Å². The Morgan fingerprint density at radius 1 is 0.850 bits per heavy atom. The van der Waals surface area contributed by atoms with E-state index in [4.69, 9.17) is 10.7 Å². The fourth-order valence-electron chi connectivity index (χ4n) is 9.90. The topological polar surface area (TPSA) is 186 Å². The first kappa shape index (κ1) is 39.6. The molecule has 3 N–H and O–H groups in total. The van der Waals surface area contributed by atoms with Gasteiger partial charge in [-0.1, -0.05) is 24.3 Å². The van der Waals surface area contributed by atoms with Crippen molar-refractivity contribution in [3.8, 4) is 0 Å². The van der Waals surface area contributed by atoms with Gasteiger partial charge < -0.3 is 30.2 Å². The third kappa shape index (κ3) is 7.68. The van der Waals surface area contributed by atoms with Crippen LogP contribution in [-0.4, -0.2) is 143 Å². The highest BCUT2D eigenvalue weighted by atomic mass is 16.2. The molecule has 9 rings (SSSR count). The number of primary amides is 1. The summed E-state index contributed by atoms with van der Waals surface area (Å²) in [6.07, 6.45) is 7.46. The lowest BCUT2D eigenvalue weighted by molar-refractivity contribution is -0.136. The number of amides is 7. The summed E-state index contributed by atoms with van der Waals surface area (Å²) in [4.78, 5) is 96.5. The lowest BCUT2D eigenvalue weighted by Gasteiger charge is -2.42. The standard InChI is InChI=1S/C44H52N10O6/c1-49-19-20-53(44(49)60)32-3-2-15-51(26-32)37-23-46-39(40(45)56)35(47-37)21-27-4-6-29(7-5-27)30-13-17-50(18-14-30)16-12-28-24-52(25-28)31-8-9-33-34(22-31)43(59)54(42(33)58)36-10-11-38(55)48-41(36)57/h4-9,22-23,28,30,32,36H,2-3,10-21,24-26H2,1H3,(H2,45,56)(H,48,55,57)/t32-,36?/m1/s1. The number of fused-ring (bicyclic) bond motifs is 1. The first-order valence-electron chi connectivity index (χ1n) is 21.3. The second-order valence-electron chi connectivity index (χ2n) is 17.3. The van der Waals surface area contributed by atoms with Crippen LogP contribution < -0.4 is 20.9 Å². The van der Waals surface area contributed by atoms with Gasteiger partial charge in [-0.25, -0.2) is 14.8 Å². The third-order valence-electron chi connectivity index (χ3n) is 13.5. The molecular formula is C44H52N10O6. The summed E-state index contributed by atoms with van der Waals surface area (Å²) in [5, 5.41) is 2.24. The number of anilines is 2. The van der Waals surface area contributed by atoms with Crippen LogP contribution in [-0.2, 0) is 16.0 Å². The number of nitrogens with one attached hydrogen (secondary N) is 1. The van der Waals surface area contributed by atoms with Crippen LogP contribution >= 0.6 is 0 Å². The maximum Gasteiger partial charge on any atom is 0.320 e. The molecule has 16 nitrogen and oxygen atoms in total. The second kappa shape index (κ2) is 16.3. The Hall–Kier alpha value is -5.90. The van der Waals surface area contributed by atoms with Crippen LogP contribution in [0.15, 0.2) is 48.7 Å². The van der Waals surface area contributed by atoms with Gasteiger partial charge in [0, 0.05) is 64.8 Å². The number of hydrogen-bond acceptors (Lipinski definition) is 11. The van der Waals surface area contributed by atoms with E-state index >= 15 is 0 Å². The van der Waals surface area contributed by atoms with Crippen LogP contribution in [0.1, 0.15) is 98.9 Å². The van der Waals surface area contributed by atoms with E-state index < -0.39 is 35.6 Å². The highest BCUT2D eigenvalue weighted by Crippen LogP contribution is 2.35. The van der Waals surface area contributed by atoms with E-state index in [1.54, 1.807) is 23.2 Å². The molecule has 6 aliphatic heterocycles. The van der Waals surface area contributed by atoms with Crippen molar-refractivity contribution in [2.24, 2.45) is 11.7 Å². The molecule has 1 unspecified atom stereocenters. The molecule has 2 aromatic carbocycles. The van der Waals surface area contributed by atoms with Crippen LogP contribution in [0, 0.1) is 5.92 Å². The van der Waals surface area contributed by atoms with E-state index in [-0.39, 0.29) is 30.6 Å². The summed E-state index contributed by atoms with van der Waals surface area (Å²) >= 11 is 0. The zero-order chi connectivity index (χ0) is 41.7. The molecule has 3 aromatic rings. The minimum atomic E-state index is -0.967. The van der Waals surface area contributed by atoms with Gasteiger partial charge in [0.1, 0.15) is 17.6 Å². The molecule has 314 valence electrons. The fraction of sp³-hybridized carbons (Fsp3) is 0.500. The smallest absolute Gasteiger partial charge is 0.320 e. The number of imide groups is 2. The SMILES string of the molecule is CN1CCN([C@@H]2CCCN(c3cnc(C(N)=O)c(Cc4ccc(C5CCN(CCC6CN(c7ccc8c(c7)C(=O)N(C7CCC(=O)NC7=O)C8=O)C6)CC5)cc4)n3)C2)C1=O. The number of likely N-dealkylation sites (N-methyl/N-ethyl adjacent to an activating group) is 1. The molecule has 60 heavy (non-hydrogen) atoms. The van der Waals surface area contributed by atoms with Crippen molar-refractivity contribution in [3.05, 3.63) is 82.3 Å². The lowest BCUT2D eigenvalue weighted by atomic mass is 9.88. The maximum absolute atomic E-state index is 13.3. The van der Waals surface area contributed by atoms with Crippen molar-refractivity contribution in [1.29, 1.82) is 0 Å². The number of urea groups is 1. The molecule has 0 spiro atoms. The highest BCUT2D eigenvalue weighted by Gasteiger charge is 2.45. The van der Waals surface area contributed by atoms with E-state index in [1.807, 2.05) is 18.0 Å². The number of nitrogens with zero attached hydrogens (tertiary/aromatic N) is 8. The van der Waals surface area contributed by atoms with Gasteiger partial charge in [-0.2, -0.15) is 0 Å². The van der Waals surface area contributed by atoms with Gasteiger partial charge in [-0.3, -0.25) is 34.2 Å². The zero-order valence-corrected chi connectivity index (χ0v) is 34.1. The minimum Gasteiger partial charge on any atom is -0.371 e. The molecule has 0 aliphatic carbocycles. The van der Waals surface area contributed by atoms with Gasteiger partial charge in [0.15, 0.2) is 0 Å². The number of rotatable bonds is 11. The first-order chi connectivity index (χ1) is 29.0. The second-order valence-corrected chi connectivity index (χ2v) is 17.3. The number of likely N-dealkylation sites (tertiary alicyclic amines) is 1. The Morgan fingerprint density at radius 3 is 2.33 bits per heavy atom. The van der Waals surface area contributed by atoms with Crippen LogP contribution in [0.25, 0.3) is 0 Å². The predicted octanol–water partition coefficient (Wildman–Crippen LogP) is 2.61. The molecule has 2 atom stereocenters. The average Bonchev–Trinajstić information content (AvgIpc) is 3.70. The predicted molar refractivity (Wildman–Crippen MR) is 222 cm³/mol. The Bertz CT molecular complexity index is 2220. The van der Waals surface area contributed by atoms with Crippen LogP contribution in [0.3, 0.4) is 0 Å². The Morgan fingerprint density at radius 2 is 1.62 bits per heavy atom. The Balaban J connectivity index is 0.740. The normalized spacial score (nSPS) is 23.1. The lowest BCUT2D eigenvalue weighted by Crippen LogP contribution is -2.54. The summed E-state index contributed by atoms with van der Waals surface area (Å²) in [6, 6.07) is 13.2. The van der Waals surface area contributed by atoms with Crippen molar-refractivity contribution >= 4 is 47.1 Å². The maximum atomic E-state index is 13.3. The number of carbonyl (C=O) groups excluding carboxylic acids is 6. The summed E-state index contributed by atoms with van der Waals surface area (Å²) < 4.78 is 0. The van der Waals surface area contributed by atoms with Gasteiger partial charge in [0.05, 0.1) is 29.1 Å². The van der Waals surface area contributed by atoms with Crippen molar-refractivity contribution in [2.75, 3.05) is 75.8 Å². The van der Waals surface area contributed by atoms with Gasteiger partial charge >= 0.3 is 6.03 Å². The largest absolute Gasteiger partial charge is 0.371 e. The van der Waals surface area contributed by atoms with Gasteiger partial charge in [0.25, 0.3) is 17.7 Å². The number of nitrogens with two attached hydrogens (primary N) is 1. The molecule has 7 heterocycles. The molecule has 7 amide bonds. The molecule has 0 bridgehead atoms. The van der Waals surface area contributed by atoms with E-state index in [2.05, 4.69) is 49.3 Å². The summed E-state index contributed by atoms with van der Waals surface area (Å²) in [6.45, 7) is 7.85. The van der Waals surface area contributed by atoms with Crippen LogP contribution in [0.4, 0.5) is 16.3 Å². The Labute approximate surface area is 349 Å². The van der Waals surface area contributed by atoms with E-state index in [0.29, 0.717) is 47.4 Å². The van der Waals surface area contributed by atoms with Crippen LogP contribution in [0.2, 0.25) is 0 Å². The summed E-state index contributed by atoms with van der Waals surface area (Å²) in [5.74, 6) is -0.831. The average molecular weight is 817 g/mol. The highest BCUT2D eigenvalue weighted by molar-refractivity contribution is 6.23. The molecule has 0 radical (unpaired) electrons. The Kier molecular flexibility index (Phi) is 10.7. The van der Waals surface area contributed by atoms with Crippen molar-refractivity contribution < 1.29 is 28.8 Å². The zero-order valence-electron chi connectivity index (χ0n) is 34.1. The quantitative estimate of drug-likeness (QED) is 0.271. The van der Waals surface area contributed by atoms with Gasteiger partial charge in [-0.05, 0) is 99.3 Å². The molecule has 5 saturated heterocycles. The molecule has 16 heteroatoms. The number of hydrogen-bond donors (Lipinski definition) is 2. The molecule has 6 aliphatic rings. The fourth-order valence-corrected chi connectivity index (χ4v) is 9.90. The molecular weight excluding hydrogens is 765 g/mol. The number of benzene rings is 2. The van der Waals surface area contributed by atoms with Crippen molar-refractivity contribution in [3.63, 3.8) is 0 Å². The van der Waals surface area contributed by atoms with E-state index in [0.717, 1.165) is 101 Å². The van der Waals surface area contributed by atoms with E-state index in [9.17, 15) is 28.8 Å². The van der Waals surface area contributed by atoms with Crippen LogP contribution in [0.5, 0.6) is 0 Å². The number of carbonyl (C=O) groups is 6. The van der Waals surface area contributed by atoms with E-state index in [1.165, 1.54) is 5.56 Å². The van der Waals surface area contributed by atoms with Crippen molar-refractivity contribution in [2.45, 2.75) is 69.4 Å². The monoisotopic (exact) mass is 816 g/mol. The molecule has 0 saturated carbocycles. The van der Waals surface area contributed by atoms with Gasteiger partial charge in [-0.15, -0.1) is 0 Å². The third-order valence-corrected chi connectivity index (χ3v) is 13.5.